The van der Waals surface area contributed by atoms with Crippen molar-refractivity contribution in [3.8, 4) is 0 Å². The highest BCUT2D eigenvalue weighted by atomic mass is 16.5. The van der Waals surface area contributed by atoms with Crippen molar-refractivity contribution >= 4 is 5.97 Å². The molecule has 32 heavy (non-hydrogen) atoms. The zero-order chi connectivity index (χ0) is 23.3. The molecule has 1 N–H and O–H groups in total. The Hall–Kier alpha value is -0.830. The summed E-state index contributed by atoms with van der Waals surface area (Å²) < 4.78 is 5.57. The highest BCUT2D eigenvalue weighted by Crippen LogP contribution is 2.67. The summed E-state index contributed by atoms with van der Waals surface area (Å²) in [7, 11) is 0. The van der Waals surface area contributed by atoms with Crippen LogP contribution in [0.25, 0.3) is 0 Å². The van der Waals surface area contributed by atoms with E-state index in [2.05, 4.69) is 40.7 Å². The molecule has 0 heterocycles. The van der Waals surface area contributed by atoms with Crippen LogP contribution >= 0.6 is 0 Å². The Morgan fingerprint density at radius 3 is 2.53 bits per heavy atom. The van der Waals surface area contributed by atoms with Gasteiger partial charge >= 0.3 is 5.97 Å². The quantitative estimate of drug-likeness (QED) is 0.357. The number of aliphatic hydroxyl groups is 1. The first kappa shape index (κ1) is 24.3. The molecular weight excluding hydrogens is 396 g/mol. The Kier molecular flexibility index (Phi) is 6.90. The van der Waals surface area contributed by atoms with Crippen molar-refractivity contribution in [1.29, 1.82) is 0 Å². The van der Waals surface area contributed by atoms with Crippen LogP contribution in [0.4, 0.5) is 0 Å². The van der Waals surface area contributed by atoms with Gasteiger partial charge < -0.3 is 9.84 Å². The van der Waals surface area contributed by atoms with Gasteiger partial charge in [-0.05, 0) is 84.9 Å². The molecule has 0 aromatic carbocycles. The highest BCUT2D eigenvalue weighted by Gasteiger charge is 2.61. The summed E-state index contributed by atoms with van der Waals surface area (Å²) >= 11 is 0. The van der Waals surface area contributed by atoms with Gasteiger partial charge in [0.15, 0.2) is 0 Å². The third kappa shape index (κ3) is 4.21. The fraction of sp³-hybridized carbons (Fsp3) is 0.897. The van der Waals surface area contributed by atoms with E-state index in [1.165, 1.54) is 57.4 Å². The molecule has 4 aliphatic carbocycles. The number of aliphatic hydroxyl groups excluding tert-OH is 1. The van der Waals surface area contributed by atoms with Gasteiger partial charge in [0, 0.05) is 13.3 Å². The molecular formula is C29H48O3. The average Bonchev–Trinajstić information content (AvgIpc) is 3.05. The fourth-order valence-corrected chi connectivity index (χ4v) is 8.98. The van der Waals surface area contributed by atoms with Gasteiger partial charge in [-0.2, -0.15) is 0 Å². The third-order valence-corrected chi connectivity index (χ3v) is 10.6. The molecule has 4 rings (SSSR count). The predicted molar refractivity (Wildman–Crippen MR) is 130 cm³/mol. The molecule has 0 aromatic heterocycles. The first-order chi connectivity index (χ1) is 15.1. The van der Waals surface area contributed by atoms with Crippen LogP contribution in [0.1, 0.15) is 106 Å². The van der Waals surface area contributed by atoms with Crippen LogP contribution in [0.5, 0.6) is 0 Å². The minimum absolute atomic E-state index is 0.00742. The van der Waals surface area contributed by atoms with E-state index in [1.54, 1.807) is 0 Å². The van der Waals surface area contributed by atoms with Crippen molar-refractivity contribution in [2.45, 2.75) is 118 Å². The predicted octanol–water partition coefficient (Wildman–Crippen LogP) is 6.93. The van der Waals surface area contributed by atoms with Crippen LogP contribution < -0.4 is 0 Å². The van der Waals surface area contributed by atoms with E-state index >= 15 is 0 Å². The van der Waals surface area contributed by atoms with Gasteiger partial charge in [-0.25, -0.2) is 0 Å². The molecule has 3 fully saturated rings. The number of hydrogen-bond acceptors (Lipinski definition) is 3. The summed E-state index contributed by atoms with van der Waals surface area (Å²) in [6.07, 6.45) is 14.0. The number of fused-ring (bicyclic) bond motifs is 5. The number of hydrogen-bond donors (Lipinski definition) is 1. The number of rotatable bonds is 6. The Bertz CT molecular complexity index is 726. The van der Waals surface area contributed by atoms with Crippen molar-refractivity contribution < 1.29 is 14.6 Å². The van der Waals surface area contributed by atoms with Gasteiger partial charge in [0.2, 0.25) is 0 Å². The summed E-state index contributed by atoms with van der Waals surface area (Å²) in [4.78, 5) is 11.5. The lowest BCUT2D eigenvalue weighted by Gasteiger charge is -2.59. The van der Waals surface area contributed by atoms with Gasteiger partial charge in [-0.15, -0.1) is 0 Å². The SMILES string of the molecule is CC(=O)O[C@@H]1CC[C@@]2(C)C(=C[C@H](O)[C@H]3[C@@H]4CC[C@H]([C@H](C)CCCC(C)C)[C@@]4(C)CC[C@@H]32)C1. The topological polar surface area (TPSA) is 46.5 Å². The van der Waals surface area contributed by atoms with Crippen LogP contribution in [0.2, 0.25) is 0 Å². The largest absolute Gasteiger partial charge is 0.462 e. The summed E-state index contributed by atoms with van der Waals surface area (Å²) in [6, 6.07) is 0. The van der Waals surface area contributed by atoms with E-state index in [-0.39, 0.29) is 23.6 Å². The summed E-state index contributed by atoms with van der Waals surface area (Å²) in [5, 5.41) is 11.4. The summed E-state index contributed by atoms with van der Waals surface area (Å²) in [5.74, 6) is 3.85. The molecule has 3 nitrogen and oxygen atoms in total. The number of esters is 1. The van der Waals surface area contributed by atoms with Gasteiger partial charge in [-0.1, -0.05) is 65.5 Å². The molecule has 0 radical (unpaired) electrons. The summed E-state index contributed by atoms with van der Waals surface area (Å²) in [5.41, 5.74) is 1.92. The van der Waals surface area contributed by atoms with Gasteiger partial charge in [0.25, 0.3) is 0 Å². The van der Waals surface area contributed by atoms with Crippen LogP contribution in [0, 0.1) is 46.3 Å². The highest BCUT2D eigenvalue weighted by molar-refractivity contribution is 5.66. The van der Waals surface area contributed by atoms with Gasteiger partial charge in [-0.3, -0.25) is 4.79 Å². The Morgan fingerprint density at radius 1 is 1.09 bits per heavy atom. The average molecular weight is 445 g/mol. The second-order valence-corrected chi connectivity index (χ2v) is 12.9. The maximum Gasteiger partial charge on any atom is 0.302 e. The molecule has 0 bridgehead atoms. The second-order valence-electron chi connectivity index (χ2n) is 12.9. The van der Waals surface area contributed by atoms with E-state index < -0.39 is 0 Å². The molecule has 182 valence electrons. The maximum absolute atomic E-state index is 11.5. The van der Waals surface area contributed by atoms with Gasteiger partial charge in [0.1, 0.15) is 6.10 Å². The van der Waals surface area contributed by atoms with Crippen molar-refractivity contribution in [2.75, 3.05) is 0 Å². The lowest BCUT2D eigenvalue weighted by molar-refractivity contribution is -0.149. The molecule has 3 heteroatoms. The lowest BCUT2D eigenvalue weighted by Crippen LogP contribution is -2.55. The second kappa shape index (κ2) is 9.08. The molecule has 0 amide bonds. The van der Waals surface area contributed by atoms with Crippen LogP contribution in [-0.2, 0) is 9.53 Å². The third-order valence-electron chi connectivity index (χ3n) is 10.6. The lowest BCUT2D eigenvalue weighted by atomic mass is 9.46. The molecule has 3 saturated carbocycles. The van der Waals surface area contributed by atoms with E-state index in [9.17, 15) is 9.90 Å². The minimum atomic E-state index is -0.334. The van der Waals surface area contributed by atoms with Gasteiger partial charge in [0.05, 0.1) is 6.10 Å². The van der Waals surface area contributed by atoms with Crippen LogP contribution in [0.15, 0.2) is 11.6 Å². The monoisotopic (exact) mass is 444 g/mol. The molecule has 0 spiro atoms. The number of carbonyl (C=O) groups excluding carboxylic acids is 1. The van der Waals surface area contributed by atoms with Crippen molar-refractivity contribution in [2.24, 2.45) is 46.3 Å². The first-order valence-corrected chi connectivity index (χ1v) is 13.6. The smallest absolute Gasteiger partial charge is 0.302 e. The Balaban J connectivity index is 1.51. The standard InChI is InChI=1S/C29H48O3/c1-18(2)8-7-9-19(3)23-10-11-24-27-25(13-15-29(23,24)6)28(5)14-12-22(32-20(4)30)16-21(28)17-26(27)31/h17-19,22-27,31H,7-16H2,1-6H3/t19-,22-,23-,24+,25+,26+,27+,28+,29-/m1/s1. The maximum atomic E-state index is 11.5. The molecule has 0 aliphatic heterocycles. The normalized spacial score (nSPS) is 44.3. The zero-order valence-electron chi connectivity index (χ0n) is 21.5. The van der Waals surface area contributed by atoms with Crippen LogP contribution in [0.3, 0.4) is 0 Å². The molecule has 0 saturated heterocycles. The minimum Gasteiger partial charge on any atom is -0.462 e. The molecule has 0 aromatic rings. The van der Waals surface area contributed by atoms with Crippen molar-refractivity contribution in [1.82, 2.24) is 0 Å². The molecule has 9 atom stereocenters. The van der Waals surface area contributed by atoms with Crippen molar-refractivity contribution in [3.05, 3.63) is 11.6 Å². The fourth-order valence-electron chi connectivity index (χ4n) is 8.98. The Morgan fingerprint density at radius 2 is 1.84 bits per heavy atom. The van der Waals surface area contributed by atoms with E-state index in [4.69, 9.17) is 4.74 Å². The first-order valence-electron chi connectivity index (χ1n) is 13.6. The van der Waals surface area contributed by atoms with E-state index in [0.717, 1.165) is 37.0 Å². The van der Waals surface area contributed by atoms with E-state index in [1.807, 2.05) is 0 Å². The Labute approximate surface area is 196 Å². The molecule has 0 unspecified atom stereocenters. The summed E-state index contributed by atoms with van der Waals surface area (Å²) in [6.45, 7) is 13.7. The zero-order valence-corrected chi connectivity index (χ0v) is 21.5. The molecule has 4 aliphatic rings. The van der Waals surface area contributed by atoms with Crippen LogP contribution in [-0.4, -0.2) is 23.3 Å². The number of ether oxygens (including phenoxy) is 1. The van der Waals surface area contributed by atoms with E-state index in [0.29, 0.717) is 23.2 Å². The van der Waals surface area contributed by atoms with Crippen molar-refractivity contribution in [3.63, 3.8) is 0 Å². The number of carbonyl (C=O) groups is 1.